The highest BCUT2D eigenvalue weighted by molar-refractivity contribution is 7.13. The Labute approximate surface area is 132 Å². The summed E-state index contributed by atoms with van der Waals surface area (Å²) in [6.07, 6.45) is 2.29. The van der Waals surface area contributed by atoms with E-state index in [1.807, 2.05) is 24.3 Å². The third kappa shape index (κ3) is 3.61. The van der Waals surface area contributed by atoms with E-state index in [0.717, 1.165) is 23.5 Å². The van der Waals surface area contributed by atoms with Crippen LogP contribution in [-0.4, -0.2) is 30.0 Å². The molecule has 1 saturated heterocycles. The van der Waals surface area contributed by atoms with E-state index in [2.05, 4.69) is 15.6 Å². The highest BCUT2D eigenvalue weighted by Crippen LogP contribution is 2.25. The molecule has 0 spiro atoms. The molecule has 4 nitrogen and oxygen atoms in total. The molecule has 1 aromatic heterocycles. The minimum Gasteiger partial charge on any atom is -0.349 e. The summed E-state index contributed by atoms with van der Waals surface area (Å²) in [7, 11) is 0. The average Bonchev–Trinajstić information content (AvgIpc) is 3.16. The topological polar surface area (TPSA) is 54.0 Å². The van der Waals surface area contributed by atoms with Crippen molar-refractivity contribution in [2.45, 2.75) is 18.9 Å². The second kappa shape index (κ2) is 6.56. The molecule has 2 heterocycles. The molecule has 110 valence electrons. The molecule has 21 heavy (non-hydrogen) atoms. The van der Waals surface area contributed by atoms with Crippen LogP contribution >= 0.6 is 22.9 Å². The molecule has 6 heteroatoms. The molecule has 1 fully saturated rings. The zero-order valence-corrected chi connectivity index (χ0v) is 13.0. The number of halogens is 1. The number of carbonyl (C=O) groups excluding carboxylic acids is 1. The summed E-state index contributed by atoms with van der Waals surface area (Å²) in [4.78, 5) is 16.5. The van der Waals surface area contributed by atoms with E-state index in [9.17, 15) is 4.79 Å². The number of hydrogen-bond acceptors (Lipinski definition) is 4. The van der Waals surface area contributed by atoms with E-state index in [4.69, 9.17) is 11.6 Å². The number of rotatable bonds is 4. The quantitative estimate of drug-likeness (QED) is 0.910. The summed E-state index contributed by atoms with van der Waals surface area (Å²) in [5.74, 6) is -0.117. The van der Waals surface area contributed by atoms with Crippen LogP contribution in [0.2, 0.25) is 5.02 Å². The van der Waals surface area contributed by atoms with Gasteiger partial charge in [-0.25, -0.2) is 4.98 Å². The van der Waals surface area contributed by atoms with Gasteiger partial charge in [0.2, 0.25) is 0 Å². The fourth-order valence-corrected chi connectivity index (χ4v) is 3.36. The van der Waals surface area contributed by atoms with Gasteiger partial charge in [0.15, 0.2) is 0 Å². The third-order valence-corrected chi connectivity index (χ3v) is 4.61. The zero-order valence-electron chi connectivity index (χ0n) is 11.4. The maximum absolute atomic E-state index is 12.1. The summed E-state index contributed by atoms with van der Waals surface area (Å²) in [5.41, 5.74) is 1.40. The van der Waals surface area contributed by atoms with Crippen molar-refractivity contribution in [3.05, 3.63) is 40.4 Å². The van der Waals surface area contributed by atoms with Crippen LogP contribution in [0.3, 0.4) is 0 Å². The van der Waals surface area contributed by atoms with Crippen molar-refractivity contribution in [1.29, 1.82) is 0 Å². The fraction of sp³-hybridized carbons (Fsp3) is 0.333. The minimum atomic E-state index is -0.117. The van der Waals surface area contributed by atoms with Crippen LogP contribution in [0, 0.1) is 0 Å². The van der Waals surface area contributed by atoms with E-state index in [1.165, 1.54) is 17.8 Å². The van der Waals surface area contributed by atoms with Crippen molar-refractivity contribution >= 4 is 28.8 Å². The first kappa shape index (κ1) is 14.5. The molecule has 1 amide bonds. The number of nitrogens with zero attached hydrogens (tertiary/aromatic N) is 1. The van der Waals surface area contributed by atoms with Gasteiger partial charge in [-0.3, -0.25) is 4.79 Å². The third-order valence-electron chi connectivity index (χ3n) is 3.48. The molecule has 3 rings (SSSR count). The van der Waals surface area contributed by atoms with E-state index < -0.39 is 0 Å². The Morgan fingerprint density at radius 3 is 3.19 bits per heavy atom. The second-order valence-electron chi connectivity index (χ2n) is 5.05. The summed E-state index contributed by atoms with van der Waals surface area (Å²) in [6.45, 7) is 1.69. The molecule has 1 unspecified atom stereocenters. The van der Waals surface area contributed by atoms with Gasteiger partial charge in [-0.2, -0.15) is 0 Å². The van der Waals surface area contributed by atoms with Crippen LogP contribution in [0.25, 0.3) is 10.6 Å². The molecule has 1 atom stereocenters. The summed E-state index contributed by atoms with van der Waals surface area (Å²) < 4.78 is 0. The number of nitrogens with one attached hydrogen (secondary N) is 2. The Morgan fingerprint density at radius 2 is 2.43 bits per heavy atom. The van der Waals surface area contributed by atoms with Gasteiger partial charge < -0.3 is 10.6 Å². The van der Waals surface area contributed by atoms with Crippen LogP contribution in [-0.2, 0) is 0 Å². The Balaban J connectivity index is 1.65. The second-order valence-corrected chi connectivity index (χ2v) is 6.35. The summed E-state index contributed by atoms with van der Waals surface area (Å²) >= 11 is 7.43. The Kier molecular flexibility index (Phi) is 4.53. The first-order chi connectivity index (χ1) is 10.2. The molecule has 0 radical (unpaired) electrons. The highest BCUT2D eigenvalue weighted by Gasteiger charge is 2.17. The van der Waals surface area contributed by atoms with Gasteiger partial charge >= 0.3 is 0 Å². The molecule has 2 N–H and O–H groups in total. The number of benzene rings is 1. The summed E-state index contributed by atoms with van der Waals surface area (Å²) in [6, 6.07) is 7.88. The maximum atomic E-state index is 12.1. The van der Waals surface area contributed by atoms with Crippen molar-refractivity contribution in [3.63, 3.8) is 0 Å². The van der Waals surface area contributed by atoms with Crippen molar-refractivity contribution in [1.82, 2.24) is 15.6 Å². The zero-order chi connectivity index (χ0) is 14.7. The van der Waals surface area contributed by atoms with Crippen molar-refractivity contribution in [3.8, 4) is 10.6 Å². The smallest absolute Gasteiger partial charge is 0.270 e. The van der Waals surface area contributed by atoms with Crippen molar-refractivity contribution < 1.29 is 4.79 Å². The standard InChI is InChI=1S/C15H16ClN3OS/c16-11-4-1-3-10(7-11)15-19-13(9-21-15)14(20)18-8-12-5-2-6-17-12/h1,3-4,7,9,12,17H,2,5-6,8H2,(H,18,20). The fourth-order valence-electron chi connectivity index (χ4n) is 2.37. The molecule has 1 aliphatic rings. The lowest BCUT2D eigenvalue weighted by Crippen LogP contribution is -2.37. The van der Waals surface area contributed by atoms with Crippen LogP contribution < -0.4 is 10.6 Å². The molecule has 0 aliphatic carbocycles. The van der Waals surface area contributed by atoms with E-state index >= 15 is 0 Å². The predicted octanol–water partition coefficient (Wildman–Crippen LogP) is 2.95. The van der Waals surface area contributed by atoms with E-state index in [-0.39, 0.29) is 5.91 Å². The first-order valence-corrected chi connectivity index (χ1v) is 8.21. The van der Waals surface area contributed by atoms with Gasteiger partial charge in [0.05, 0.1) is 0 Å². The molecular formula is C15H16ClN3OS. The van der Waals surface area contributed by atoms with Crippen molar-refractivity contribution in [2.75, 3.05) is 13.1 Å². The van der Waals surface area contributed by atoms with Crippen LogP contribution in [0.15, 0.2) is 29.6 Å². The molecular weight excluding hydrogens is 306 g/mol. The number of carbonyl (C=O) groups is 1. The lowest BCUT2D eigenvalue weighted by Gasteiger charge is -2.10. The molecule has 2 aromatic rings. The van der Waals surface area contributed by atoms with Crippen LogP contribution in [0.4, 0.5) is 0 Å². The first-order valence-electron chi connectivity index (χ1n) is 6.95. The van der Waals surface area contributed by atoms with E-state index in [0.29, 0.717) is 23.3 Å². The van der Waals surface area contributed by atoms with Crippen LogP contribution in [0.1, 0.15) is 23.3 Å². The number of amides is 1. The van der Waals surface area contributed by atoms with Gasteiger partial charge in [-0.05, 0) is 31.5 Å². The summed E-state index contributed by atoms with van der Waals surface area (Å²) in [5, 5.41) is 9.55. The highest BCUT2D eigenvalue weighted by atomic mass is 35.5. The van der Waals surface area contributed by atoms with Gasteiger partial charge in [0, 0.05) is 28.6 Å². The lowest BCUT2D eigenvalue weighted by molar-refractivity contribution is 0.0946. The number of hydrogen-bond donors (Lipinski definition) is 2. The van der Waals surface area contributed by atoms with Gasteiger partial charge in [-0.1, -0.05) is 23.7 Å². The molecule has 0 bridgehead atoms. The number of aromatic nitrogens is 1. The molecule has 1 aromatic carbocycles. The minimum absolute atomic E-state index is 0.117. The van der Waals surface area contributed by atoms with Gasteiger partial charge in [0.1, 0.15) is 10.7 Å². The molecule has 0 saturated carbocycles. The predicted molar refractivity (Wildman–Crippen MR) is 85.9 cm³/mol. The lowest BCUT2D eigenvalue weighted by atomic mass is 10.2. The van der Waals surface area contributed by atoms with Gasteiger partial charge in [0.25, 0.3) is 5.91 Å². The van der Waals surface area contributed by atoms with Crippen molar-refractivity contribution in [2.24, 2.45) is 0 Å². The largest absolute Gasteiger partial charge is 0.349 e. The Bertz CT molecular complexity index is 637. The van der Waals surface area contributed by atoms with E-state index in [1.54, 1.807) is 5.38 Å². The maximum Gasteiger partial charge on any atom is 0.270 e. The normalized spacial score (nSPS) is 17.9. The van der Waals surface area contributed by atoms with Crippen LogP contribution in [0.5, 0.6) is 0 Å². The number of thiazole rings is 1. The average molecular weight is 322 g/mol. The Hall–Kier alpha value is -1.43. The monoisotopic (exact) mass is 321 g/mol. The Morgan fingerprint density at radius 1 is 1.52 bits per heavy atom. The van der Waals surface area contributed by atoms with Gasteiger partial charge in [-0.15, -0.1) is 11.3 Å². The molecule has 1 aliphatic heterocycles. The SMILES string of the molecule is O=C(NCC1CCCN1)c1csc(-c2cccc(Cl)c2)n1.